The van der Waals surface area contributed by atoms with Crippen LogP contribution in [0.3, 0.4) is 0 Å². The Balaban J connectivity index is 1.95. The van der Waals surface area contributed by atoms with E-state index < -0.39 is 0 Å². The smallest absolute Gasteiger partial charge is 0.279 e. The zero-order valence-corrected chi connectivity index (χ0v) is 14.6. The number of carbonyl (C=O) groups excluding carboxylic acids is 1. The number of ether oxygens (including phenoxy) is 1. The van der Waals surface area contributed by atoms with Crippen LogP contribution in [0.4, 0.5) is 10.1 Å². The molecule has 1 amide bonds. The van der Waals surface area contributed by atoms with E-state index in [1.165, 1.54) is 12.1 Å². The number of anilines is 1. The van der Waals surface area contributed by atoms with Gasteiger partial charge in [0.1, 0.15) is 18.1 Å². The number of amides is 1. The van der Waals surface area contributed by atoms with Crippen LogP contribution in [0.1, 0.15) is 5.56 Å². The molecule has 6 heteroatoms. The van der Waals surface area contributed by atoms with Crippen molar-refractivity contribution in [2.75, 3.05) is 26.0 Å². The number of hydrogen-bond donors (Lipinski definition) is 2. The van der Waals surface area contributed by atoms with Crippen molar-refractivity contribution >= 4 is 27.5 Å². The first-order chi connectivity index (χ1) is 11.0. The average Bonchev–Trinajstić information content (AvgIpc) is 2.47. The second-order valence-electron chi connectivity index (χ2n) is 5.33. The lowest BCUT2D eigenvalue weighted by molar-refractivity contribution is -0.885. The van der Waals surface area contributed by atoms with E-state index >= 15 is 0 Å². The Morgan fingerprint density at radius 2 is 2.09 bits per heavy atom. The van der Waals surface area contributed by atoms with Crippen molar-refractivity contribution in [3.8, 4) is 5.75 Å². The minimum Gasteiger partial charge on any atom is -0.496 e. The van der Waals surface area contributed by atoms with Crippen molar-refractivity contribution in [3.63, 3.8) is 0 Å². The van der Waals surface area contributed by atoms with Crippen LogP contribution in [-0.2, 0) is 11.3 Å². The summed E-state index contributed by atoms with van der Waals surface area (Å²) in [6.07, 6.45) is 0. The summed E-state index contributed by atoms with van der Waals surface area (Å²) in [6, 6.07) is 11.6. The summed E-state index contributed by atoms with van der Waals surface area (Å²) in [7, 11) is 3.55. The fourth-order valence-electron chi connectivity index (χ4n) is 2.32. The Morgan fingerprint density at radius 1 is 1.30 bits per heavy atom. The molecule has 0 heterocycles. The van der Waals surface area contributed by atoms with E-state index in [0.717, 1.165) is 20.7 Å². The summed E-state index contributed by atoms with van der Waals surface area (Å²) in [5.41, 5.74) is 1.47. The molecule has 0 fully saturated rings. The lowest BCUT2D eigenvalue weighted by atomic mass is 10.2. The van der Waals surface area contributed by atoms with Crippen molar-refractivity contribution in [1.82, 2.24) is 0 Å². The highest BCUT2D eigenvalue weighted by molar-refractivity contribution is 9.10. The third-order valence-corrected chi connectivity index (χ3v) is 3.80. The number of methoxy groups -OCH3 is 1. The van der Waals surface area contributed by atoms with Crippen LogP contribution in [0.15, 0.2) is 46.9 Å². The number of quaternary nitrogens is 1. The first-order valence-corrected chi connectivity index (χ1v) is 7.96. The maximum atomic E-state index is 13.1. The highest BCUT2D eigenvalue weighted by Crippen LogP contribution is 2.22. The summed E-state index contributed by atoms with van der Waals surface area (Å²) >= 11 is 3.44. The van der Waals surface area contributed by atoms with E-state index in [0.29, 0.717) is 12.2 Å². The number of halogens is 2. The second-order valence-corrected chi connectivity index (χ2v) is 6.24. The van der Waals surface area contributed by atoms with Gasteiger partial charge in [-0.15, -0.1) is 0 Å². The van der Waals surface area contributed by atoms with E-state index in [1.54, 1.807) is 19.2 Å². The van der Waals surface area contributed by atoms with E-state index in [1.807, 2.05) is 25.2 Å². The average molecular weight is 382 g/mol. The summed E-state index contributed by atoms with van der Waals surface area (Å²) in [5, 5.41) is 2.70. The Hall–Kier alpha value is -1.92. The number of carbonyl (C=O) groups is 1. The molecule has 0 aliphatic carbocycles. The SMILES string of the molecule is COc1ccc(Br)cc1C[NH+](C)CC(=O)Nc1cccc(F)c1. The van der Waals surface area contributed by atoms with E-state index in [2.05, 4.69) is 21.2 Å². The molecule has 0 saturated carbocycles. The molecule has 0 spiro atoms. The molecule has 0 aromatic heterocycles. The van der Waals surface area contributed by atoms with Gasteiger partial charge in [-0.25, -0.2) is 4.39 Å². The molecule has 1 unspecified atom stereocenters. The normalized spacial score (nSPS) is 11.8. The Bertz CT molecular complexity index is 694. The molecule has 2 rings (SSSR count). The van der Waals surface area contributed by atoms with Crippen LogP contribution in [0.2, 0.25) is 0 Å². The van der Waals surface area contributed by atoms with Crippen molar-refractivity contribution in [2.45, 2.75) is 6.54 Å². The molecule has 0 saturated heterocycles. The first kappa shape index (κ1) is 17.4. The summed E-state index contributed by atoms with van der Waals surface area (Å²) in [4.78, 5) is 13.0. The minimum atomic E-state index is -0.373. The van der Waals surface area contributed by atoms with Gasteiger partial charge in [-0.2, -0.15) is 0 Å². The zero-order chi connectivity index (χ0) is 16.8. The van der Waals surface area contributed by atoms with Crippen LogP contribution in [0.5, 0.6) is 5.75 Å². The summed E-state index contributed by atoms with van der Waals surface area (Å²) in [6.45, 7) is 0.908. The molecule has 1 atom stereocenters. The van der Waals surface area contributed by atoms with Gasteiger partial charge in [0, 0.05) is 15.7 Å². The van der Waals surface area contributed by atoms with Gasteiger partial charge in [-0.05, 0) is 36.4 Å². The van der Waals surface area contributed by atoms with Crippen molar-refractivity contribution in [2.24, 2.45) is 0 Å². The maximum Gasteiger partial charge on any atom is 0.279 e. The van der Waals surface area contributed by atoms with E-state index in [4.69, 9.17) is 4.74 Å². The Morgan fingerprint density at radius 3 is 2.78 bits per heavy atom. The number of nitrogens with one attached hydrogen (secondary N) is 2. The predicted molar refractivity (Wildman–Crippen MR) is 91.2 cm³/mol. The zero-order valence-electron chi connectivity index (χ0n) is 13.0. The Kier molecular flexibility index (Phi) is 6.12. The third-order valence-electron chi connectivity index (χ3n) is 3.31. The fourth-order valence-corrected chi connectivity index (χ4v) is 2.73. The highest BCUT2D eigenvalue weighted by Gasteiger charge is 2.14. The number of likely N-dealkylation sites (N-methyl/N-ethyl adjacent to an activating group) is 1. The molecule has 0 aliphatic rings. The topological polar surface area (TPSA) is 42.8 Å². The first-order valence-electron chi connectivity index (χ1n) is 7.17. The maximum absolute atomic E-state index is 13.1. The van der Waals surface area contributed by atoms with Crippen LogP contribution < -0.4 is 15.0 Å². The molecule has 2 aromatic carbocycles. The molecule has 4 nitrogen and oxygen atoms in total. The van der Waals surface area contributed by atoms with Crippen molar-refractivity contribution in [3.05, 3.63) is 58.3 Å². The molecule has 2 N–H and O–H groups in total. The van der Waals surface area contributed by atoms with E-state index in [-0.39, 0.29) is 18.3 Å². The van der Waals surface area contributed by atoms with Gasteiger partial charge in [0.2, 0.25) is 0 Å². The lowest BCUT2D eigenvalue weighted by Crippen LogP contribution is -3.08. The van der Waals surface area contributed by atoms with Gasteiger partial charge in [-0.1, -0.05) is 22.0 Å². The number of hydrogen-bond acceptors (Lipinski definition) is 2. The van der Waals surface area contributed by atoms with Gasteiger partial charge < -0.3 is 15.0 Å². The lowest BCUT2D eigenvalue weighted by Gasteiger charge is -2.16. The van der Waals surface area contributed by atoms with Crippen LogP contribution in [0, 0.1) is 5.82 Å². The van der Waals surface area contributed by atoms with Crippen LogP contribution >= 0.6 is 15.9 Å². The summed E-state index contributed by atoms with van der Waals surface area (Å²) < 4.78 is 19.4. The van der Waals surface area contributed by atoms with Crippen molar-refractivity contribution in [1.29, 1.82) is 0 Å². The fraction of sp³-hybridized carbons (Fsp3) is 0.235. The van der Waals surface area contributed by atoms with Crippen LogP contribution in [0.25, 0.3) is 0 Å². The highest BCUT2D eigenvalue weighted by atomic mass is 79.9. The Labute approximate surface area is 143 Å². The number of benzene rings is 2. The van der Waals surface area contributed by atoms with Crippen LogP contribution in [-0.4, -0.2) is 26.6 Å². The van der Waals surface area contributed by atoms with Gasteiger partial charge in [0.15, 0.2) is 6.54 Å². The van der Waals surface area contributed by atoms with Gasteiger partial charge in [0.05, 0.1) is 14.2 Å². The standard InChI is InChI=1S/C17H18BrFN2O2/c1-21(10-12-8-13(18)6-7-16(12)23-2)11-17(22)20-15-5-3-4-14(19)9-15/h3-9H,10-11H2,1-2H3,(H,20,22)/p+1. The van der Waals surface area contributed by atoms with E-state index in [9.17, 15) is 9.18 Å². The predicted octanol–water partition coefficient (Wildman–Crippen LogP) is 2.25. The van der Waals surface area contributed by atoms with Gasteiger partial charge in [-0.3, -0.25) is 4.79 Å². The largest absolute Gasteiger partial charge is 0.496 e. The van der Waals surface area contributed by atoms with Gasteiger partial charge in [0.25, 0.3) is 5.91 Å². The van der Waals surface area contributed by atoms with Gasteiger partial charge >= 0.3 is 0 Å². The monoisotopic (exact) mass is 381 g/mol. The second kappa shape index (κ2) is 8.08. The molecule has 23 heavy (non-hydrogen) atoms. The molecule has 0 radical (unpaired) electrons. The van der Waals surface area contributed by atoms with Crippen molar-refractivity contribution < 1.29 is 18.8 Å². The molecule has 2 aromatic rings. The molecular weight excluding hydrogens is 363 g/mol. The molecule has 0 aliphatic heterocycles. The molecular formula is C17H19BrFN2O2+. The minimum absolute atomic E-state index is 0.165. The summed E-state index contributed by atoms with van der Waals surface area (Å²) in [5.74, 6) is 0.252. The molecule has 122 valence electrons. The number of rotatable bonds is 6. The third kappa shape index (κ3) is 5.33. The molecule has 0 bridgehead atoms. The quantitative estimate of drug-likeness (QED) is 0.805.